The summed E-state index contributed by atoms with van der Waals surface area (Å²) in [6, 6.07) is 12.2. The van der Waals surface area contributed by atoms with E-state index in [9.17, 15) is 8.42 Å². The summed E-state index contributed by atoms with van der Waals surface area (Å²) in [5.74, 6) is 0. The molecule has 2 aromatic carbocycles. The SMILES string of the molecule is O=S(=O)(c1c(Cl)cccc1Cl)N1CCN(c2cccc(Cl)c2)CC1. The lowest BCUT2D eigenvalue weighted by Gasteiger charge is -2.35. The van der Waals surface area contributed by atoms with Crippen LogP contribution in [-0.2, 0) is 10.0 Å². The molecule has 2 aromatic rings. The van der Waals surface area contributed by atoms with Crippen LogP contribution in [0.15, 0.2) is 47.4 Å². The molecule has 1 heterocycles. The van der Waals surface area contributed by atoms with Gasteiger partial charge in [0.1, 0.15) is 4.90 Å². The molecule has 0 aliphatic carbocycles. The third-order valence-electron chi connectivity index (χ3n) is 3.93. The molecule has 0 aromatic heterocycles. The van der Waals surface area contributed by atoms with Crippen LogP contribution >= 0.6 is 34.8 Å². The van der Waals surface area contributed by atoms with Crippen molar-refractivity contribution in [3.8, 4) is 0 Å². The number of hydrogen-bond acceptors (Lipinski definition) is 3. The predicted octanol–water partition coefficient (Wildman–Crippen LogP) is 4.16. The Morgan fingerprint density at radius 1 is 0.833 bits per heavy atom. The largest absolute Gasteiger partial charge is 0.369 e. The lowest BCUT2D eigenvalue weighted by atomic mass is 10.2. The van der Waals surface area contributed by atoms with Crippen molar-refractivity contribution in [3.05, 3.63) is 57.5 Å². The Hall–Kier alpha value is -0.980. The minimum absolute atomic E-state index is 0.0236. The second-order valence-corrected chi connectivity index (χ2v) is 8.55. The van der Waals surface area contributed by atoms with Crippen molar-refractivity contribution in [1.29, 1.82) is 0 Å². The third kappa shape index (κ3) is 3.51. The Morgan fingerprint density at radius 3 is 2.00 bits per heavy atom. The first-order chi connectivity index (χ1) is 11.4. The van der Waals surface area contributed by atoms with Gasteiger partial charge in [0.05, 0.1) is 10.0 Å². The smallest absolute Gasteiger partial charge is 0.246 e. The first-order valence-corrected chi connectivity index (χ1v) is 9.91. The van der Waals surface area contributed by atoms with Crippen LogP contribution in [0.4, 0.5) is 5.69 Å². The van der Waals surface area contributed by atoms with Gasteiger partial charge in [0.2, 0.25) is 10.0 Å². The fraction of sp³-hybridized carbons (Fsp3) is 0.250. The van der Waals surface area contributed by atoms with Crippen LogP contribution in [0.2, 0.25) is 15.1 Å². The van der Waals surface area contributed by atoms with Gasteiger partial charge < -0.3 is 4.90 Å². The van der Waals surface area contributed by atoms with E-state index in [1.54, 1.807) is 6.07 Å². The van der Waals surface area contributed by atoms with Gasteiger partial charge in [-0.2, -0.15) is 4.31 Å². The van der Waals surface area contributed by atoms with Gasteiger partial charge in [-0.05, 0) is 30.3 Å². The molecule has 3 rings (SSSR count). The topological polar surface area (TPSA) is 40.6 Å². The van der Waals surface area contributed by atoms with Crippen molar-refractivity contribution in [1.82, 2.24) is 4.31 Å². The Bertz CT molecular complexity index is 830. The molecule has 1 fully saturated rings. The zero-order valence-corrected chi connectivity index (χ0v) is 15.7. The highest BCUT2D eigenvalue weighted by atomic mass is 35.5. The summed E-state index contributed by atoms with van der Waals surface area (Å²) >= 11 is 18.1. The van der Waals surface area contributed by atoms with Crippen molar-refractivity contribution >= 4 is 50.5 Å². The molecule has 128 valence electrons. The minimum atomic E-state index is -3.72. The summed E-state index contributed by atoms with van der Waals surface area (Å²) in [7, 11) is -3.72. The number of piperazine rings is 1. The number of hydrogen-bond donors (Lipinski definition) is 0. The molecule has 0 unspecified atom stereocenters. The van der Waals surface area contributed by atoms with E-state index in [0.717, 1.165) is 5.69 Å². The number of anilines is 1. The van der Waals surface area contributed by atoms with Crippen molar-refractivity contribution in [2.24, 2.45) is 0 Å². The molecule has 0 N–H and O–H groups in total. The van der Waals surface area contributed by atoms with E-state index < -0.39 is 10.0 Å². The molecule has 1 aliphatic heterocycles. The van der Waals surface area contributed by atoms with Crippen molar-refractivity contribution < 1.29 is 8.42 Å². The quantitative estimate of drug-likeness (QED) is 0.770. The van der Waals surface area contributed by atoms with Gasteiger partial charge in [-0.25, -0.2) is 8.42 Å². The molecule has 0 bridgehead atoms. The van der Waals surface area contributed by atoms with E-state index in [4.69, 9.17) is 34.8 Å². The van der Waals surface area contributed by atoms with Crippen LogP contribution in [0, 0.1) is 0 Å². The Balaban J connectivity index is 1.79. The number of benzene rings is 2. The summed E-state index contributed by atoms with van der Waals surface area (Å²) in [6.07, 6.45) is 0. The van der Waals surface area contributed by atoms with Gasteiger partial charge in [0, 0.05) is 36.9 Å². The van der Waals surface area contributed by atoms with Crippen molar-refractivity contribution in [2.45, 2.75) is 4.90 Å². The zero-order chi connectivity index (χ0) is 17.3. The van der Waals surface area contributed by atoms with Crippen LogP contribution in [-0.4, -0.2) is 38.9 Å². The third-order valence-corrected chi connectivity index (χ3v) is 7.02. The fourth-order valence-corrected chi connectivity index (χ4v) is 5.42. The average Bonchev–Trinajstić information content (AvgIpc) is 2.54. The summed E-state index contributed by atoms with van der Waals surface area (Å²) in [4.78, 5) is 2.08. The Morgan fingerprint density at radius 2 is 1.42 bits per heavy atom. The Labute approximate surface area is 156 Å². The van der Waals surface area contributed by atoms with Crippen LogP contribution in [0.3, 0.4) is 0 Å². The van der Waals surface area contributed by atoms with Gasteiger partial charge in [-0.3, -0.25) is 0 Å². The van der Waals surface area contributed by atoms with Gasteiger partial charge in [0.25, 0.3) is 0 Å². The standard InChI is InChI=1S/C16H15Cl3N2O2S/c17-12-3-1-4-13(11-12)20-7-9-21(10-8-20)24(22,23)16-14(18)5-2-6-15(16)19/h1-6,11H,7-10H2. The summed E-state index contributed by atoms with van der Waals surface area (Å²) in [5, 5.41) is 0.935. The van der Waals surface area contributed by atoms with Crippen molar-refractivity contribution in [2.75, 3.05) is 31.1 Å². The molecular weight excluding hydrogens is 391 g/mol. The molecule has 1 aliphatic rings. The first kappa shape index (κ1) is 17.8. The second-order valence-electron chi connectivity index (χ2n) is 5.42. The molecule has 0 amide bonds. The molecule has 0 saturated carbocycles. The maximum atomic E-state index is 12.8. The monoisotopic (exact) mass is 404 g/mol. The van der Waals surface area contributed by atoms with Gasteiger partial charge in [-0.1, -0.05) is 46.9 Å². The molecule has 0 radical (unpaired) electrons. The van der Waals surface area contributed by atoms with E-state index in [2.05, 4.69) is 4.90 Å². The highest BCUT2D eigenvalue weighted by Gasteiger charge is 2.31. The fourth-order valence-electron chi connectivity index (χ4n) is 2.72. The van der Waals surface area contributed by atoms with Gasteiger partial charge in [-0.15, -0.1) is 0 Å². The highest BCUT2D eigenvalue weighted by molar-refractivity contribution is 7.89. The lowest BCUT2D eigenvalue weighted by molar-refractivity contribution is 0.385. The van der Waals surface area contributed by atoms with Gasteiger partial charge in [0.15, 0.2) is 0 Å². The van der Waals surface area contributed by atoms with E-state index in [1.807, 2.05) is 24.3 Å². The maximum absolute atomic E-state index is 12.8. The molecule has 8 heteroatoms. The van der Waals surface area contributed by atoms with Crippen LogP contribution in [0.25, 0.3) is 0 Å². The summed E-state index contributed by atoms with van der Waals surface area (Å²) < 4.78 is 27.1. The van der Waals surface area contributed by atoms with Crippen LogP contribution in [0.5, 0.6) is 0 Å². The predicted molar refractivity (Wildman–Crippen MR) is 98.9 cm³/mol. The van der Waals surface area contributed by atoms with E-state index in [0.29, 0.717) is 31.2 Å². The normalized spacial score (nSPS) is 16.4. The summed E-state index contributed by atoms with van der Waals surface area (Å²) in [5.41, 5.74) is 0.982. The Kier molecular flexibility index (Phi) is 5.27. The number of nitrogens with zero attached hydrogens (tertiary/aromatic N) is 2. The molecule has 0 atom stereocenters. The molecule has 1 saturated heterocycles. The maximum Gasteiger partial charge on any atom is 0.246 e. The average molecular weight is 406 g/mol. The van der Waals surface area contributed by atoms with E-state index >= 15 is 0 Å². The number of sulfonamides is 1. The van der Waals surface area contributed by atoms with Crippen molar-refractivity contribution in [3.63, 3.8) is 0 Å². The number of rotatable bonds is 3. The highest BCUT2D eigenvalue weighted by Crippen LogP contribution is 2.32. The molecular formula is C16H15Cl3N2O2S. The van der Waals surface area contributed by atoms with Gasteiger partial charge >= 0.3 is 0 Å². The second kappa shape index (κ2) is 7.10. The molecule has 24 heavy (non-hydrogen) atoms. The lowest BCUT2D eigenvalue weighted by Crippen LogP contribution is -2.48. The minimum Gasteiger partial charge on any atom is -0.369 e. The van der Waals surface area contributed by atoms with E-state index in [-0.39, 0.29) is 14.9 Å². The molecule has 4 nitrogen and oxygen atoms in total. The number of halogens is 3. The van der Waals surface area contributed by atoms with Crippen LogP contribution < -0.4 is 4.90 Å². The van der Waals surface area contributed by atoms with Crippen LogP contribution in [0.1, 0.15) is 0 Å². The van der Waals surface area contributed by atoms with E-state index in [1.165, 1.54) is 16.4 Å². The zero-order valence-electron chi connectivity index (χ0n) is 12.6. The first-order valence-electron chi connectivity index (χ1n) is 7.34. The molecule has 0 spiro atoms. The summed E-state index contributed by atoms with van der Waals surface area (Å²) in [6.45, 7) is 1.86.